The maximum absolute atomic E-state index is 11.2. The van der Waals surface area contributed by atoms with E-state index in [2.05, 4.69) is 4.74 Å². The van der Waals surface area contributed by atoms with Gasteiger partial charge in [0.05, 0.1) is 18.6 Å². The first-order chi connectivity index (χ1) is 8.93. The topological polar surface area (TPSA) is 90.0 Å². The molecule has 1 rings (SSSR count). The van der Waals surface area contributed by atoms with Crippen molar-refractivity contribution in [3.63, 3.8) is 0 Å². The molecule has 21 heavy (non-hydrogen) atoms. The average molecular weight is 364 g/mol. The van der Waals surface area contributed by atoms with Crippen molar-refractivity contribution in [3.8, 4) is 0 Å². The molecule has 0 atom stereocenters. The molecule has 0 amide bonds. The molecule has 0 radical (unpaired) electrons. The Hall–Kier alpha value is -0.830. The van der Waals surface area contributed by atoms with Crippen LogP contribution in [0.3, 0.4) is 0 Å². The first-order valence-electron chi connectivity index (χ1n) is 5.78. The fourth-order valence-corrected chi connectivity index (χ4v) is 2.78. The third kappa shape index (κ3) is 9.67. The molecule has 0 unspecified atom stereocenters. The quantitative estimate of drug-likeness (QED) is 0.494. The summed E-state index contributed by atoms with van der Waals surface area (Å²) in [5, 5.41) is 0. The summed E-state index contributed by atoms with van der Waals surface area (Å²) in [5.74, 6) is -0.972. The Morgan fingerprint density at radius 3 is 2.14 bits per heavy atom. The van der Waals surface area contributed by atoms with Gasteiger partial charge in [0.2, 0.25) is 0 Å². The number of hydrogen-bond acceptors (Lipinski definition) is 7. The lowest BCUT2D eigenvalue weighted by molar-refractivity contribution is -0.139. The van der Waals surface area contributed by atoms with Crippen LogP contribution in [-0.2, 0) is 28.9 Å². The zero-order chi connectivity index (χ0) is 14.3. The van der Waals surface area contributed by atoms with Crippen LogP contribution in [0.25, 0.3) is 0 Å². The van der Waals surface area contributed by atoms with E-state index in [1.54, 1.807) is 0 Å². The number of sulfone groups is 1. The molecule has 124 valence electrons. The van der Waals surface area contributed by atoms with Gasteiger partial charge >= 0.3 is 11.9 Å². The lowest BCUT2D eigenvalue weighted by Gasteiger charge is -2.25. The smallest absolute Gasteiger partial charge is 0.331 e. The number of halogens is 2. The highest BCUT2D eigenvalue weighted by Gasteiger charge is 2.21. The molecular formula is C11H19Cl2NO6S. The van der Waals surface area contributed by atoms with Gasteiger partial charge in [-0.2, -0.15) is 0 Å². The maximum atomic E-state index is 11.2. The molecule has 0 aliphatic carbocycles. The van der Waals surface area contributed by atoms with E-state index >= 15 is 0 Å². The van der Waals surface area contributed by atoms with Gasteiger partial charge in [0.15, 0.2) is 9.84 Å². The van der Waals surface area contributed by atoms with Crippen molar-refractivity contribution in [1.82, 2.24) is 4.90 Å². The molecule has 1 heterocycles. The Bertz CT molecular complexity index is 451. The summed E-state index contributed by atoms with van der Waals surface area (Å²) in [6.07, 6.45) is 1.97. The van der Waals surface area contributed by atoms with E-state index in [1.807, 2.05) is 4.90 Å². The molecule has 0 saturated carbocycles. The van der Waals surface area contributed by atoms with Crippen LogP contribution in [-0.4, -0.2) is 70.1 Å². The zero-order valence-corrected chi connectivity index (χ0v) is 14.0. The summed E-state index contributed by atoms with van der Waals surface area (Å²) in [6, 6.07) is 0. The van der Waals surface area contributed by atoms with Crippen molar-refractivity contribution in [3.05, 3.63) is 12.2 Å². The second kappa shape index (κ2) is 10.8. The van der Waals surface area contributed by atoms with Crippen molar-refractivity contribution in [2.45, 2.75) is 0 Å². The van der Waals surface area contributed by atoms with Gasteiger partial charge in [0.1, 0.15) is 6.61 Å². The molecule has 0 N–H and O–H groups in total. The minimum absolute atomic E-state index is 0. The van der Waals surface area contributed by atoms with Crippen molar-refractivity contribution >= 4 is 46.6 Å². The number of ether oxygens (including phenoxy) is 2. The number of carbonyl (C=O) groups excluding carboxylic acids is 2. The van der Waals surface area contributed by atoms with Gasteiger partial charge in [-0.15, -0.1) is 24.8 Å². The van der Waals surface area contributed by atoms with Crippen LogP contribution in [0.2, 0.25) is 0 Å². The Morgan fingerprint density at radius 2 is 1.62 bits per heavy atom. The summed E-state index contributed by atoms with van der Waals surface area (Å²) in [7, 11) is -1.68. The SMILES string of the molecule is COC(=O)/C=C/C(=O)OCCN1CCS(=O)(=O)CC1.Cl.Cl. The molecule has 0 aromatic carbocycles. The first-order valence-corrected chi connectivity index (χ1v) is 7.60. The van der Waals surface area contributed by atoms with Crippen LogP contribution >= 0.6 is 24.8 Å². The molecule has 0 spiro atoms. The van der Waals surface area contributed by atoms with E-state index in [-0.39, 0.29) is 42.9 Å². The van der Waals surface area contributed by atoms with Gasteiger partial charge in [-0.05, 0) is 0 Å². The molecular weight excluding hydrogens is 345 g/mol. The molecule has 0 aromatic heterocycles. The number of nitrogens with zero attached hydrogens (tertiary/aromatic N) is 1. The summed E-state index contributed by atoms with van der Waals surface area (Å²) in [4.78, 5) is 23.8. The highest BCUT2D eigenvalue weighted by molar-refractivity contribution is 7.91. The summed E-state index contributed by atoms with van der Waals surface area (Å²) in [6.45, 7) is 1.55. The van der Waals surface area contributed by atoms with Gasteiger partial charge in [-0.1, -0.05) is 0 Å². The van der Waals surface area contributed by atoms with E-state index in [1.165, 1.54) is 7.11 Å². The van der Waals surface area contributed by atoms with Crippen LogP contribution in [0.15, 0.2) is 12.2 Å². The predicted octanol–water partition coefficient (Wildman–Crippen LogP) is -0.167. The third-order valence-corrected chi connectivity index (χ3v) is 4.25. The Balaban J connectivity index is 0. The van der Waals surface area contributed by atoms with Gasteiger partial charge in [0.25, 0.3) is 0 Å². The lowest BCUT2D eigenvalue weighted by atomic mass is 10.4. The normalized spacial score (nSPS) is 17.4. The Kier molecular flexibility index (Phi) is 11.6. The van der Waals surface area contributed by atoms with Crippen molar-refractivity contribution < 1.29 is 27.5 Å². The number of carbonyl (C=O) groups is 2. The minimum atomic E-state index is -2.89. The number of hydrogen-bond donors (Lipinski definition) is 0. The van der Waals surface area contributed by atoms with Crippen LogP contribution in [0.1, 0.15) is 0 Å². The standard InChI is InChI=1S/C11H17NO6S.2ClH/c1-17-10(13)2-3-11(14)18-7-4-12-5-8-19(15,16)9-6-12;;/h2-3H,4-9H2,1H3;2*1H/b3-2+;;. The molecule has 10 heteroatoms. The first kappa shape index (κ1) is 22.5. The van der Waals surface area contributed by atoms with Gasteiger partial charge in [-0.25, -0.2) is 18.0 Å². The van der Waals surface area contributed by atoms with Crippen molar-refractivity contribution in [2.24, 2.45) is 0 Å². The molecule has 0 bridgehead atoms. The Labute approximate surface area is 136 Å². The fourth-order valence-electron chi connectivity index (χ4n) is 1.50. The maximum Gasteiger partial charge on any atom is 0.331 e. The molecule has 0 aromatic rings. The van der Waals surface area contributed by atoms with Crippen LogP contribution in [0.4, 0.5) is 0 Å². The van der Waals surface area contributed by atoms with Gasteiger partial charge < -0.3 is 9.47 Å². The summed E-state index contributed by atoms with van der Waals surface area (Å²) >= 11 is 0. The van der Waals surface area contributed by atoms with E-state index in [0.717, 1.165) is 12.2 Å². The van der Waals surface area contributed by atoms with Crippen molar-refractivity contribution in [2.75, 3.05) is 44.9 Å². The monoisotopic (exact) mass is 363 g/mol. The zero-order valence-electron chi connectivity index (χ0n) is 11.5. The summed E-state index contributed by atoms with van der Waals surface area (Å²) in [5.41, 5.74) is 0. The average Bonchev–Trinajstić information content (AvgIpc) is 2.38. The second-order valence-corrected chi connectivity index (χ2v) is 6.32. The molecule has 1 fully saturated rings. The number of rotatable bonds is 5. The van der Waals surface area contributed by atoms with Crippen LogP contribution in [0.5, 0.6) is 0 Å². The number of esters is 2. The molecule has 1 aliphatic rings. The number of methoxy groups -OCH3 is 1. The molecule has 7 nitrogen and oxygen atoms in total. The molecule has 1 saturated heterocycles. The Morgan fingerprint density at radius 1 is 1.10 bits per heavy atom. The second-order valence-electron chi connectivity index (χ2n) is 4.02. The molecule has 1 aliphatic heterocycles. The van der Waals surface area contributed by atoms with E-state index in [4.69, 9.17) is 4.74 Å². The van der Waals surface area contributed by atoms with E-state index in [0.29, 0.717) is 19.6 Å². The highest BCUT2D eigenvalue weighted by Crippen LogP contribution is 2.03. The highest BCUT2D eigenvalue weighted by atomic mass is 35.5. The van der Waals surface area contributed by atoms with Crippen molar-refractivity contribution in [1.29, 1.82) is 0 Å². The van der Waals surface area contributed by atoms with Gasteiger partial charge in [-0.3, -0.25) is 4.90 Å². The van der Waals surface area contributed by atoms with Crippen LogP contribution in [0, 0.1) is 0 Å². The van der Waals surface area contributed by atoms with Gasteiger partial charge in [0, 0.05) is 31.8 Å². The minimum Gasteiger partial charge on any atom is -0.466 e. The predicted molar refractivity (Wildman–Crippen MR) is 81.7 cm³/mol. The largest absolute Gasteiger partial charge is 0.466 e. The van der Waals surface area contributed by atoms with Crippen LogP contribution < -0.4 is 0 Å². The lowest BCUT2D eigenvalue weighted by Crippen LogP contribution is -2.41. The fraction of sp³-hybridized carbons (Fsp3) is 0.636. The third-order valence-electron chi connectivity index (χ3n) is 2.65. The summed E-state index contributed by atoms with van der Waals surface area (Å²) < 4.78 is 31.6. The van der Waals surface area contributed by atoms with E-state index < -0.39 is 21.8 Å². The van der Waals surface area contributed by atoms with E-state index in [9.17, 15) is 18.0 Å².